The van der Waals surface area contributed by atoms with Crippen molar-refractivity contribution in [2.75, 3.05) is 0 Å². The van der Waals surface area contributed by atoms with E-state index < -0.39 is 0 Å². The predicted molar refractivity (Wildman–Crippen MR) is 57.2 cm³/mol. The second-order valence-corrected chi connectivity index (χ2v) is 5.54. The molecule has 1 heterocycles. The molecular weight excluding hydrogens is 188 g/mol. The van der Waals surface area contributed by atoms with Crippen LogP contribution >= 0.6 is 0 Å². The normalized spacial score (nSPS) is 50.5. The highest BCUT2D eigenvalue weighted by Crippen LogP contribution is 2.79. The summed E-state index contributed by atoms with van der Waals surface area (Å²) < 4.78 is 5.39. The molecular formula is C13H18O2. The van der Waals surface area contributed by atoms with Crippen molar-refractivity contribution in [3.8, 4) is 0 Å². The van der Waals surface area contributed by atoms with Crippen LogP contribution in [-0.4, -0.2) is 12.1 Å². The third-order valence-corrected chi connectivity index (χ3v) is 5.17. The van der Waals surface area contributed by atoms with Crippen molar-refractivity contribution in [2.45, 2.75) is 45.6 Å². The third kappa shape index (κ3) is 0.714. The lowest BCUT2D eigenvalue weighted by Crippen LogP contribution is -2.55. The third-order valence-electron chi connectivity index (χ3n) is 5.17. The van der Waals surface area contributed by atoms with Crippen LogP contribution in [0.3, 0.4) is 0 Å². The minimum absolute atomic E-state index is 0.0345. The summed E-state index contributed by atoms with van der Waals surface area (Å²) >= 11 is 0. The molecule has 3 saturated carbocycles. The molecule has 1 aliphatic heterocycles. The molecule has 0 unspecified atom stereocenters. The molecule has 4 rings (SSSR count). The summed E-state index contributed by atoms with van der Waals surface area (Å²) in [6.07, 6.45) is 4.71. The molecule has 82 valence electrons. The van der Waals surface area contributed by atoms with Crippen molar-refractivity contribution in [1.82, 2.24) is 0 Å². The van der Waals surface area contributed by atoms with E-state index in [1.807, 2.05) is 0 Å². The largest absolute Gasteiger partial charge is 0.461 e. The van der Waals surface area contributed by atoms with Crippen molar-refractivity contribution in [3.63, 3.8) is 0 Å². The summed E-state index contributed by atoms with van der Waals surface area (Å²) in [5.74, 6) is 0.370. The number of unbranched alkanes of at least 4 members (excludes halogenated alkanes) is 1. The van der Waals surface area contributed by atoms with Crippen molar-refractivity contribution in [1.29, 1.82) is 0 Å². The summed E-state index contributed by atoms with van der Waals surface area (Å²) in [5, 5.41) is 0. The molecule has 0 aromatic heterocycles. The van der Waals surface area contributed by atoms with E-state index in [-0.39, 0.29) is 22.9 Å². The standard InChI is InChI=1S/C13H18O2/c1-4-5-6-13-7-9-10(8(13)2)12(13,3)11(14)15-9/h9-10H,2,4-7H2,1,3H3/t9-,10+,12+,13+/m1/s1. The zero-order valence-corrected chi connectivity index (χ0v) is 9.51. The van der Waals surface area contributed by atoms with Crippen molar-refractivity contribution >= 4 is 5.97 Å². The second kappa shape index (κ2) is 2.47. The molecule has 0 N–H and O–H groups in total. The zero-order valence-electron chi connectivity index (χ0n) is 9.51. The Kier molecular flexibility index (Phi) is 1.56. The molecule has 3 aliphatic carbocycles. The molecule has 0 aromatic rings. The first-order valence-corrected chi connectivity index (χ1v) is 5.98. The van der Waals surface area contributed by atoms with Gasteiger partial charge >= 0.3 is 5.97 Å². The summed E-state index contributed by atoms with van der Waals surface area (Å²) in [6.45, 7) is 8.49. The van der Waals surface area contributed by atoms with Gasteiger partial charge in [-0.25, -0.2) is 0 Å². The Morgan fingerprint density at radius 3 is 2.93 bits per heavy atom. The lowest BCUT2D eigenvalue weighted by molar-refractivity contribution is -0.164. The van der Waals surface area contributed by atoms with Crippen molar-refractivity contribution in [3.05, 3.63) is 12.2 Å². The summed E-state index contributed by atoms with van der Waals surface area (Å²) in [5.41, 5.74) is 1.19. The molecule has 0 amide bonds. The van der Waals surface area contributed by atoms with Gasteiger partial charge in [-0.05, 0) is 19.8 Å². The van der Waals surface area contributed by atoms with Crippen molar-refractivity contribution in [2.24, 2.45) is 16.7 Å². The number of esters is 1. The first kappa shape index (κ1) is 9.44. The van der Waals surface area contributed by atoms with E-state index in [9.17, 15) is 4.79 Å². The van der Waals surface area contributed by atoms with Crippen LogP contribution in [0.25, 0.3) is 0 Å². The summed E-state index contributed by atoms with van der Waals surface area (Å²) in [6, 6.07) is 0. The highest BCUT2D eigenvalue weighted by Gasteiger charge is 2.81. The average Bonchev–Trinajstić information content (AvgIpc) is 2.71. The monoisotopic (exact) mass is 206 g/mol. The van der Waals surface area contributed by atoms with Crippen LogP contribution in [0, 0.1) is 16.7 Å². The first-order valence-electron chi connectivity index (χ1n) is 5.98. The predicted octanol–water partition coefficient (Wildman–Crippen LogP) is 2.68. The Morgan fingerprint density at radius 1 is 1.60 bits per heavy atom. The maximum absolute atomic E-state index is 11.8. The number of rotatable bonds is 3. The highest BCUT2D eigenvalue weighted by molar-refractivity contribution is 5.87. The smallest absolute Gasteiger partial charge is 0.313 e. The Bertz CT molecular complexity index is 360. The summed E-state index contributed by atoms with van der Waals surface area (Å²) in [4.78, 5) is 11.8. The fourth-order valence-electron chi connectivity index (χ4n) is 4.29. The Morgan fingerprint density at radius 2 is 2.33 bits per heavy atom. The Labute approximate surface area is 90.7 Å². The molecule has 4 aliphatic rings. The lowest BCUT2D eigenvalue weighted by Gasteiger charge is -2.54. The van der Waals surface area contributed by atoms with Gasteiger partial charge in [0.2, 0.25) is 0 Å². The molecule has 15 heavy (non-hydrogen) atoms. The number of hydrogen-bond acceptors (Lipinski definition) is 2. The van der Waals surface area contributed by atoms with E-state index in [4.69, 9.17) is 4.74 Å². The number of carbonyl (C=O) groups excluding carboxylic acids is 1. The Hall–Kier alpha value is -0.790. The van der Waals surface area contributed by atoms with Crippen LogP contribution in [0.5, 0.6) is 0 Å². The van der Waals surface area contributed by atoms with E-state index in [1.54, 1.807) is 0 Å². The van der Waals surface area contributed by atoms with E-state index >= 15 is 0 Å². The molecule has 4 bridgehead atoms. The molecule has 0 aromatic carbocycles. The molecule has 4 fully saturated rings. The second-order valence-electron chi connectivity index (χ2n) is 5.54. The van der Waals surface area contributed by atoms with Crippen LogP contribution in [-0.2, 0) is 9.53 Å². The van der Waals surface area contributed by atoms with Crippen LogP contribution < -0.4 is 0 Å². The minimum Gasteiger partial charge on any atom is -0.461 e. The van der Waals surface area contributed by atoms with Gasteiger partial charge in [0, 0.05) is 11.3 Å². The van der Waals surface area contributed by atoms with Gasteiger partial charge in [0.05, 0.1) is 5.41 Å². The quantitative estimate of drug-likeness (QED) is 0.524. The molecule has 0 radical (unpaired) electrons. The highest BCUT2D eigenvalue weighted by atomic mass is 16.6. The molecule has 4 atom stereocenters. The first-order chi connectivity index (χ1) is 7.08. The maximum Gasteiger partial charge on any atom is 0.313 e. The maximum atomic E-state index is 11.8. The van der Waals surface area contributed by atoms with Gasteiger partial charge in [0.25, 0.3) is 0 Å². The van der Waals surface area contributed by atoms with E-state index in [0.717, 1.165) is 12.8 Å². The lowest BCUT2D eigenvalue weighted by atomic mass is 9.46. The molecule has 1 saturated heterocycles. The van der Waals surface area contributed by atoms with Gasteiger partial charge in [-0.15, -0.1) is 0 Å². The van der Waals surface area contributed by atoms with Gasteiger partial charge in [0.1, 0.15) is 6.10 Å². The zero-order chi connectivity index (χ0) is 10.8. The summed E-state index contributed by atoms with van der Waals surface area (Å²) in [7, 11) is 0. The minimum atomic E-state index is -0.218. The van der Waals surface area contributed by atoms with Crippen LogP contribution in [0.4, 0.5) is 0 Å². The van der Waals surface area contributed by atoms with Crippen LogP contribution in [0.1, 0.15) is 39.5 Å². The molecule has 2 nitrogen and oxygen atoms in total. The van der Waals surface area contributed by atoms with Gasteiger partial charge in [-0.2, -0.15) is 0 Å². The number of carbonyl (C=O) groups is 1. The van der Waals surface area contributed by atoms with E-state index in [0.29, 0.717) is 5.92 Å². The number of ether oxygens (including phenoxy) is 1. The average molecular weight is 206 g/mol. The SMILES string of the molecule is C=C1[C@H]2[C@H]3C[C@]1(CCCC)[C@]2(C)C(=O)O3. The molecule has 2 heteroatoms. The van der Waals surface area contributed by atoms with Gasteiger partial charge in [-0.1, -0.05) is 31.9 Å². The van der Waals surface area contributed by atoms with Crippen LogP contribution in [0.2, 0.25) is 0 Å². The molecule has 0 spiro atoms. The van der Waals surface area contributed by atoms with Gasteiger partial charge in [0.15, 0.2) is 0 Å². The Balaban J connectivity index is 1.97. The fraction of sp³-hybridized carbons (Fsp3) is 0.769. The van der Waals surface area contributed by atoms with Gasteiger partial charge in [-0.3, -0.25) is 4.79 Å². The topological polar surface area (TPSA) is 26.3 Å². The van der Waals surface area contributed by atoms with E-state index in [2.05, 4.69) is 20.4 Å². The van der Waals surface area contributed by atoms with Crippen LogP contribution in [0.15, 0.2) is 12.2 Å². The van der Waals surface area contributed by atoms with E-state index in [1.165, 1.54) is 18.4 Å². The fourth-order valence-corrected chi connectivity index (χ4v) is 4.29. The van der Waals surface area contributed by atoms with Gasteiger partial charge < -0.3 is 4.74 Å². The van der Waals surface area contributed by atoms with Crippen molar-refractivity contribution < 1.29 is 9.53 Å². The number of hydrogen-bond donors (Lipinski definition) is 0.